The second kappa shape index (κ2) is 6.72. The van der Waals surface area contributed by atoms with Gasteiger partial charge in [-0.05, 0) is 36.6 Å². The topological polar surface area (TPSA) is 75.4 Å². The highest BCUT2D eigenvalue weighted by Crippen LogP contribution is 2.27. The number of rotatable bonds is 4. The van der Waals surface area contributed by atoms with Gasteiger partial charge in [-0.1, -0.05) is 42.5 Å². The van der Waals surface area contributed by atoms with Gasteiger partial charge in [0.15, 0.2) is 0 Å². The number of anilines is 1. The van der Waals surface area contributed by atoms with Gasteiger partial charge in [-0.3, -0.25) is 9.48 Å². The van der Waals surface area contributed by atoms with Crippen LogP contribution < -0.4 is 4.90 Å². The van der Waals surface area contributed by atoms with Crippen LogP contribution in [0.2, 0.25) is 0 Å². The number of carbonyl (C=O) groups is 2. The lowest BCUT2D eigenvalue weighted by molar-refractivity contribution is 0.0690. The predicted octanol–water partition coefficient (Wildman–Crippen LogP) is 3.22. The number of aromatic carboxylic acids is 1. The molecule has 0 spiro atoms. The molecule has 6 heteroatoms. The Morgan fingerprint density at radius 2 is 1.78 bits per heavy atom. The Balaban J connectivity index is 1.62. The van der Waals surface area contributed by atoms with E-state index in [1.807, 2.05) is 49.4 Å². The van der Waals surface area contributed by atoms with Gasteiger partial charge >= 0.3 is 5.97 Å². The lowest BCUT2D eigenvalue weighted by atomic mass is 10.0. The van der Waals surface area contributed by atoms with Crippen molar-refractivity contribution in [2.75, 3.05) is 4.90 Å². The number of fused-ring (bicyclic) bond motifs is 1. The molecule has 3 aromatic rings. The summed E-state index contributed by atoms with van der Waals surface area (Å²) in [7, 11) is 0. The largest absolute Gasteiger partial charge is 0.478 e. The van der Waals surface area contributed by atoms with Gasteiger partial charge in [0.25, 0.3) is 5.91 Å². The highest BCUT2D eigenvalue weighted by molar-refractivity contribution is 6.11. The third kappa shape index (κ3) is 3.10. The molecule has 0 bridgehead atoms. The van der Waals surface area contributed by atoms with Gasteiger partial charge in [0, 0.05) is 5.69 Å². The second-order valence-corrected chi connectivity index (χ2v) is 6.75. The summed E-state index contributed by atoms with van der Waals surface area (Å²) < 4.78 is 1.48. The van der Waals surface area contributed by atoms with Crippen LogP contribution in [0, 0.1) is 0 Å². The Morgan fingerprint density at radius 3 is 2.44 bits per heavy atom. The van der Waals surface area contributed by atoms with Crippen LogP contribution in [-0.2, 0) is 13.0 Å². The van der Waals surface area contributed by atoms with Crippen molar-refractivity contribution in [2.24, 2.45) is 0 Å². The van der Waals surface area contributed by atoms with Crippen LogP contribution in [0.4, 0.5) is 5.69 Å². The smallest absolute Gasteiger partial charge is 0.339 e. The minimum Gasteiger partial charge on any atom is -0.478 e. The fourth-order valence-corrected chi connectivity index (χ4v) is 3.53. The number of amides is 1. The Bertz CT molecular complexity index is 993. The number of carbonyl (C=O) groups excluding carboxylic acids is 1. The molecule has 27 heavy (non-hydrogen) atoms. The van der Waals surface area contributed by atoms with Crippen LogP contribution in [-0.4, -0.2) is 32.8 Å². The van der Waals surface area contributed by atoms with E-state index in [4.69, 9.17) is 0 Å². The predicted molar refractivity (Wildman–Crippen MR) is 101 cm³/mol. The van der Waals surface area contributed by atoms with E-state index in [1.54, 1.807) is 4.90 Å². The van der Waals surface area contributed by atoms with Crippen LogP contribution in [0.5, 0.6) is 0 Å². The third-order valence-corrected chi connectivity index (χ3v) is 4.83. The molecule has 136 valence electrons. The van der Waals surface area contributed by atoms with Gasteiger partial charge in [0.05, 0.1) is 18.8 Å². The average Bonchev–Trinajstić information content (AvgIpc) is 3.08. The van der Waals surface area contributed by atoms with E-state index >= 15 is 0 Å². The van der Waals surface area contributed by atoms with E-state index in [2.05, 4.69) is 17.2 Å². The lowest BCUT2D eigenvalue weighted by Gasteiger charge is -2.34. The molecule has 1 aliphatic heterocycles. The van der Waals surface area contributed by atoms with Gasteiger partial charge in [-0.15, -0.1) is 0 Å². The van der Waals surface area contributed by atoms with E-state index < -0.39 is 5.97 Å². The molecule has 2 heterocycles. The summed E-state index contributed by atoms with van der Waals surface area (Å²) >= 11 is 0. The van der Waals surface area contributed by atoms with Gasteiger partial charge < -0.3 is 10.0 Å². The van der Waals surface area contributed by atoms with Crippen molar-refractivity contribution >= 4 is 17.6 Å². The van der Waals surface area contributed by atoms with Crippen LogP contribution in [0.1, 0.15) is 38.9 Å². The zero-order valence-corrected chi connectivity index (χ0v) is 14.9. The maximum atomic E-state index is 13.0. The molecule has 0 fully saturated rings. The molecule has 4 rings (SSSR count). The van der Waals surface area contributed by atoms with Gasteiger partial charge in [-0.2, -0.15) is 5.10 Å². The minimum atomic E-state index is -1.14. The molecular weight excluding hydrogens is 342 g/mol. The number of aromatic nitrogens is 2. The van der Waals surface area contributed by atoms with Crippen molar-refractivity contribution in [3.63, 3.8) is 0 Å². The molecule has 0 radical (unpaired) electrons. The number of benzene rings is 2. The number of carboxylic acid groups (broad SMARTS) is 1. The summed E-state index contributed by atoms with van der Waals surface area (Å²) in [6, 6.07) is 17.9. The zero-order valence-electron chi connectivity index (χ0n) is 14.9. The Labute approximate surface area is 156 Å². The third-order valence-electron chi connectivity index (χ3n) is 4.83. The van der Waals surface area contributed by atoms with E-state index in [0.717, 1.165) is 17.7 Å². The lowest BCUT2D eigenvalue weighted by Crippen LogP contribution is -2.47. The van der Waals surface area contributed by atoms with Crippen molar-refractivity contribution in [1.82, 2.24) is 9.78 Å². The molecule has 1 amide bonds. The second-order valence-electron chi connectivity index (χ2n) is 6.75. The molecule has 0 saturated carbocycles. The molecule has 1 atom stereocenters. The van der Waals surface area contributed by atoms with E-state index in [1.165, 1.54) is 16.4 Å². The first kappa shape index (κ1) is 17.0. The summed E-state index contributed by atoms with van der Waals surface area (Å²) in [5.74, 6) is -1.48. The maximum Gasteiger partial charge on any atom is 0.339 e. The Morgan fingerprint density at radius 1 is 1.11 bits per heavy atom. The van der Waals surface area contributed by atoms with Crippen molar-refractivity contribution in [1.29, 1.82) is 0 Å². The van der Waals surface area contributed by atoms with Crippen molar-refractivity contribution < 1.29 is 14.7 Å². The molecule has 1 N–H and O–H groups in total. The van der Waals surface area contributed by atoms with Crippen LogP contribution >= 0.6 is 0 Å². The molecular formula is C21H19N3O3. The van der Waals surface area contributed by atoms with Crippen LogP contribution in [0.15, 0.2) is 60.8 Å². The molecule has 1 aromatic heterocycles. The van der Waals surface area contributed by atoms with Crippen molar-refractivity contribution in [2.45, 2.75) is 25.9 Å². The molecule has 0 saturated heterocycles. The van der Waals surface area contributed by atoms with E-state index in [9.17, 15) is 14.7 Å². The Hall–Kier alpha value is -3.41. The monoisotopic (exact) mass is 361 g/mol. The average molecular weight is 361 g/mol. The van der Waals surface area contributed by atoms with Crippen molar-refractivity contribution in [3.05, 3.63) is 83.2 Å². The molecule has 0 unspecified atom stereocenters. The van der Waals surface area contributed by atoms with Gasteiger partial charge in [-0.25, -0.2) is 4.79 Å². The SMILES string of the molecule is C[C@H]1Cn2ncc(C(=O)O)c2C(=O)N1c1ccc(Cc2ccccc2)cc1. The highest BCUT2D eigenvalue weighted by atomic mass is 16.4. The fraction of sp³-hybridized carbons (Fsp3) is 0.190. The standard InChI is InChI=1S/C21H19N3O3/c1-14-13-23-19(18(12-22-23)21(26)27)20(25)24(14)17-9-7-16(8-10-17)11-15-5-3-2-4-6-15/h2-10,12,14H,11,13H2,1H3,(H,26,27)/t14-/m0/s1. The summed E-state index contributed by atoms with van der Waals surface area (Å²) in [6.07, 6.45) is 2.06. The van der Waals surface area contributed by atoms with Gasteiger partial charge in [0.1, 0.15) is 11.3 Å². The summed E-state index contributed by atoms with van der Waals surface area (Å²) in [4.78, 5) is 26.0. The maximum absolute atomic E-state index is 13.0. The Kier molecular flexibility index (Phi) is 4.24. The molecule has 6 nitrogen and oxygen atoms in total. The van der Waals surface area contributed by atoms with Gasteiger partial charge in [0.2, 0.25) is 0 Å². The molecule has 0 aliphatic carbocycles. The van der Waals surface area contributed by atoms with E-state index in [0.29, 0.717) is 6.54 Å². The van der Waals surface area contributed by atoms with Crippen LogP contribution in [0.3, 0.4) is 0 Å². The molecule has 1 aliphatic rings. The normalized spacial score (nSPS) is 16.3. The zero-order chi connectivity index (χ0) is 19.0. The summed E-state index contributed by atoms with van der Waals surface area (Å²) in [5.41, 5.74) is 3.21. The first-order valence-corrected chi connectivity index (χ1v) is 8.80. The molecule has 2 aromatic carbocycles. The summed E-state index contributed by atoms with van der Waals surface area (Å²) in [5, 5.41) is 13.4. The minimum absolute atomic E-state index is 0.0578. The number of nitrogens with zero attached hydrogens (tertiary/aromatic N) is 3. The quantitative estimate of drug-likeness (QED) is 0.774. The van der Waals surface area contributed by atoms with Crippen molar-refractivity contribution in [3.8, 4) is 0 Å². The first-order valence-electron chi connectivity index (χ1n) is 8.80. The van der Waals surface area contributed by atoms with Crippen LogP contribution in [0.25, 0.3) is 0 Å². The number of carboxylic acids is 1. The fourth-order valence-electron chi connectivity index (χ4n) is 3.53. The van der Waals surface area contributed by atoms with E-state index in [-0.39, 0.29) is 23.2 Å². The highest BCUT2D eigenvalue weighted by Gasteiger charge is 2.35. The number of hydrogen-bond donors (Lipinski definition) is 1. The first-order chi connectivity index (χ1) is 13.0. The number of hydrogen-bond acceptors (Lipinski definition) is 3. The summed E-state index contributed by atoms with van der Waals surface area (Å²) in [6.45, 7) is 2.39.